The van der Waals surface area contributed by atoms with Gasteiger partial charge in [-0.1, -0.05) is 36.4 Å². The number of rotatable bonds is 6. The van der Waals surface area contributed by atoms with E-state index in [4.69, 9.17) is 5.73 Å². The van der Waals surface area contributed by atoms with Crippen molar-refractivity contribution >= 4 is 28.7 Å². The number of hydrogen-bond acceptors (Lipinski definition) is 6. The van der Waals surface area contributed by atoms with Crippen LogP contribution >= 0.6 is 11.3 Å². The molecule has 0 aliphatic carbocycles. The molecule has 1 saturated heterocycles. The van der Waals surface area contributed by atoms with Gasteiger partial charge in [0.05, 0.1) is 13.1 Å². The monoisotopic (exact) mass is 439 g/mol. The summed E-state index contributed by atoms with van der Waals surface area (Å²) in [4.78, 5) is 44.9. The minimum Gasteiger partial charge on any atom is -0.383 e. The molecule has 162 valence electrons. The van der Waals surface area contributed by atoms with Gasteiger partial charge in [-0.05, 0) is 36.4 Å². The summed E-state index contributed by atoms with van der Waals surface area (Å²) in [5.41, 5.74) is 5.80. The zero-order valence-electron chi connectivity index (χ0n) is 17.3. The Morgan fingerprint density at radius 2 is 2.00 bits per heavy atom. The third kappa shape index (κ3) is 4.33. The predicted octanol–water partition coefficient (Wildman–Crippen LogP) is 2.03. The van der Waals surface area contributed by atoms with Crippen LogP contribution in [-0.4, -0.2) is 40.5 Å². The van der Waals surface area contributed by atoms with Crippen molar-refractivity contribution in [2.24, 2.45) is 0 Å². The van der Waals surface area contributed by atoms with Gasteiger partial charge in [0.15, 0.2) is 5.69 Å². The number of carbonyl (C=O) groups is 1. The second kappa shape index (κ2) is 8.91. The number of hydrogen-bond donors (Lipinski definition) is 2. The van der Waals surface area contributed by atoms with E-state index < -0.39 is 11.2 Å². The molecule has 1 aliphatic heterocycles. The second-order valence-electron chi connectivity index (χ2n) is 7.66. The normalized spacial score (nSPS) is 16.5. The number of aromatic nitrogens is 2. The van der Waals surface area contributed by atoms with Crippen molar-refractivity contribution < 1.29 is 4.79 Å². The highest BCUT2D eigenvalue weighted by Crippen LogP contribution is 2.34. The molecule has 1 aliphatic rings. The molecule has 4 rings (SSSR count). The van der Waals surface area contributed by atoms with Crippen LogP contribution in [0.25, 0.3) is 0 Å². The zero-order valence-corrected chi connectivity index (χ0v) is 18.1. The Labute approximate surface area is 183 Å². The zero-order chi connectivity index (χ0) is 22.0. The Morgan fingerprint density at radius 3 is 2.71 bits per heavy atom. The number of likely N-dealkylation sites (N-methyl/N-ethyl adjacent to an activating group) is 1. The third-order valence-electron chi connectivity index (χ3n) is 5.68. The summed E-state index contributed by atoms with van der Waals surface area (Å²) in [6, 6.07) is 13.6. The average molecular weight is 440 g/mol. The van der Waals surface area contributed by atoms with Gasteiger partial charge in [0.25, 0.3) is 5.56 Å². The molecule has 0 unspecified atom stereocenters. The number of nitrogens with one attached hydrogen (secondary N) is 1. The molecule has 0 saturated carbocycles. The largest absolute Gasteiger partial charge is 0.383 e. The van der Waals surface area contributed by atoms with E-state index in [1.165, 1.54) is 21.4 Å². The minimum absolute atomic E-state index is 0.00704. The summed E-state index contributed by atoms with van der Waals surface area (Å²) >= 11 is 1.69. The number of nitrogen functional groups attached to an aromatic ring is 1. The van der Waals surface area contributed by atoms with Crippen molar-refractivity contribution in [1.82, 2.24) is 14.5 Å². The number of nitrogens with zero attached hydrogens (tertiary/aromatic N) is 3. The molecule has 8 nitrogen and oxygen atoms in total. The number of thiophene rings is 1. The fourth-order valence-corrected chi connectivity index (χ4v) is 4.94. The van der Waals surface area contributed by atoms with Crippen LogP contribution in [0.5, 0.6) is 0 Å². The van der Waals surface area contributed by atoms with Crippen LogP contribution < -0.4 is 21.9 Å². The Balaban J connectivity index is 1.58. The van der Waals surface area contributed by atoms with Gasteiger partial charge in [0.2, 0.25) is 5.91 Å². The first-order valence-electron chi connectivity index (χ1n) is 10.2. The summed E-state index contributed by atoms with van der Waals surface area (Å²) in [7, 11) is 1.52. The number of anilines is 2. The van der Waals surface area contributed by atoms with Crippen molar-refractivity contribution in [3.05, 3.63) is 79.1 Å². The van der Waals surface area contributed by atoms with Gasteiger partial charge < -0.3 is 10.6 Å². The molecule has 3 heterocycles. The first kappa shape index (κ1) is 21.1. The maximum atomic E-state index is 13.1. The number of likely N-dealkylation sites (tertiary alicyclic amines) is 1. The van der Waals surface area contributed by atoms with Crippen molar-refractivity contribution in [2.45, 2.75) is 25.4 Å². The molecule has 3 N–H and O–H groups in total. The van der Waals surface area contributed by atoms with E-state index in [-0.39, 0.29) is 36.5 Å². The van der Waals surface area contributed by atoms with E-state index in [0.29, 0.717) is 0 Å². The number of benzene rings is 1. The van der Waals surface area contributed by atoms with Crippen LogP contribution in [0.1, 0.15) is 29.3 Å². The van der Waals surface area contributed by atoms with Gasteiger partial charge in [-0.3, -0.25) is 24.0 Å². The van der Waals surface area contributed by atoms with Gasteiger partial charge >= 0.3 is 5.69 Å². The lowest BCUT2D eigenvalue weighted by Gasteiger charge is -2.26. The van der Waals surface area contributed by atoms with Crippen LogP contribution in [0.15, 0.2) is 57.4 Å². The fraction of sp³-hybridized carbons (Fsp3) is 0.318. The maximum absolute atomic E-state index is 13.1. The highest BCUT2D eigenvalue weighted by atomic mass is 32.1. The minimum atomic E-state index is -0.668. The van der Waals surface area contributed by atoms with Crippen molar-refractivity contribution in [2.75, 3.05) is 30.8 Å². The summed E-state index contributed by atoms with van der Waals surface area (Å²) in [5.74, 6) is -0.268. The van der Waals surface area contributed by atoms with Crippen LogP contribution in [0.4, 0.5) is 11.5 Å². The third-order valence-corrected chi connectivity index (χ3v) is 6.65. The molecule has 1 fully saturated rings. The van der Waals surface area contributed by atoms with Crippen molar-refractivity contribution in [1.29, 1.82) is 0 Å². The molecule has 0 bridgehead atoms. The number of amides is 1. The lowest BCUT2D eigenvalue weighted by atomic mass is 10.2. The van der Waals surface area contributed by atoms with Crippen molar-refractivity contribution in [3.8, 4) is 0 Å². The van der Waals surface area contributed by atoms with E-state index in [1.54, 1.807) is 11.3 Å². The average Bonchev–Trinajstić information content (AvgIpc) is 3.43. The molecule has 0 radical (unpaired) electrons. The van der Waals surface area contributed by atoms with E-state index in [0.717, 1.165) is 24.9 Å². The lowest BCUT2D eigenvalue weighted by Crippen LogP contribution is -2.43. The summed E-state index contributed by atoms with van der Waals surface area (Å²) in [6.07, 6.45) is 2.02. The van der Waals surface area contributed by atoms with Crippen molar-refractivity contribution in [3.63, 3.8) is 0 Å². The summed E-state index contributed by atoms with van der Waals surface area (Å²) in [5, 5.41) is 2.04. The highest BCUT2D eigenvalue weighted by molar-refractivity contribution is 7.10. The van der Waals surface area contributed by atoms with Gasteiger partial charge in [-0.25, -0.2) is 4.79 Å². The number of carbonyl (C=O) groups excluding carboxylic acids is 1. The predicted molar refractivity (Wildman–Crippen MR) is 123 cm³/mol. The standard InChI is InChI=1S/C22H25N5O3S/c1-25(18(28)14-26-11-5-9-16(26)17-10-6-12-31-17)19-20(23)27(22(30)24-21(19)29)13-15-7-3-2-4-8-15/h2-4,6-8,10,12,16H,5,9,11,13-14,23H2,1H3,(H,24,29,30)/t16-/m1/s1. The SMILES string of the molecule is CN(C(=O)CN1CCC[C@@H]1c1cccs1)c1c(N)n(Cc2ccccc2)c(=O)[nH]c1=O. The number of aromatic amines is 1. The molecule has 1 amide bonds. The topological polar surface area (TPSA) is 104 Å². The van der Waals surface area contributed by atoms with E-state index in [2.05, 4.69) is 16.0 Å². The quantitative estimate of drug-likeness (QED) is 0.612. The molecular weight excluding hydrogens is 414 g/mol. The molecule has 31 heavy (non-hydrogen) atoms. The molecular formula is C22H25N5O3S. The van der Waals surface area contributed by atoms with Gasteiger partial charge in [-0.2, -0.15) is 0 Å². The smallest absolute Gasteiger partial charge is 0.330 e. The van der Waals surface area contributed by atoms with E-state index >= 15 is 0 Å². The summed E-state index contributed by atoms with van der Waals surface area (Å²) in [6.45, 7) is 1.20. The number of H-pyrrole nitrogens is 1. The maximum Gasteiger partial charge on any atom is 0.330 e. The van der Waals surface area contributed by atoms with Crippen LogP contribution in [0, 0.1) is 0 Å². The summed E-state index contributed by atoms with van der Waals surface area (Å²) < 4.78 is 1.28. The van der Waals surface area contributed by atoms with Crippen LogP contribution in [-0.2, 0) is 11.3 Å². The van der Waals surface area contributed by atoms with Gasteiger partial charge in [0.1, 0.15) is 5.82 Å². The van der Waals surface area contributed by atoms with Gasteiger partial charge in [-0.15, -0.1) is 11.3 Å². The van der Waals surface area contributed by atoms with Gasteiger partial charge in [0, 0.05) is 18.0 Å². The molecule has 0 spiro atoms. The number of nitrogens with two attached hydrogens (primary N) is 1. The fourth-order valence-electron chi connectivity index (χ4n) is 4.05. The molecule has 9 heteroatoms. The molecule has 3 aromatic rings. The Morgan fingerprint density at radius 1 is 1.23 bits per heavy atom. The Bertz CT molecular complexity index is 1170. The second-order valence-corrected chi connectivity index (χ2v) is 8.64. The van der Waals surface area contributed by atoms with Crippen LogP contribution in [0.3, 0.4) is 0 Å². The first-order chi connectivity index (χ1) is 15.0. The Hall–Kier alpha value is -3.17. The highest BCUT2D eigenvalue weighted by Gasteiger charge is 2.30. The first-order valence-corrected chi connectivity index (χ1v) is 11.0. The van der Waals surface area contributed by atoms with E-state index in [9.17, 15) is 14.4 Å². The lowest BCUT2D eigenvalue weighted by molar-refractivity contribution is -0.119. The Kier molecular flexibility index (Phi) is 6.06. The molecule has 2 aromatic heterocycles. The van der Waals surface area contributed by atoms with Crippen LogP contribution in [0.2, 0.25) is 0 Å². The molecule has 1 aromatic carbocycles. The van der Waals surface area contributed by atoms with E-state index in [1.807, 2.05) is 41.8 Å². The molecule has 1 atom stereocenters.